The first-order valence-electron chi connectivity index (χ1n) is 5.22. The molecule has 1 aromatic carbocycles. The van der Waals surface area contributed by atoms with Gasteiger partial charge in [-0.3, -0.25) is 10.1 Å². The Morgan fingerprint density at radius 1 is 1.19 bits per heavy atom. The number of hydrogen-bond donors (Lipinski definition) is 0. The lowest BCUT2D eigenvalue weighted by molar-refractivity contribution is -0.526. The summed E-state index contributed by atoms with van der Waals surface area (Å²) in [6.45, 7) is 0. The van der Waals surface area contributed by atoms with Crippen molar-refractivity contribution in [2.45, 2.75) is 24.8 Å². The Kier molecular flexibility index (Phi) is 3.25. The molecule has 0 saturated carbocycles. The Labute approximate surface area is 98.9 Å². The standard InChI is InChI=1S/C12H12ClNO2/c13-10-7-5-9(6-8-10)11-3-1-2-4-12(11)14(15)16/h1-2,5-8,11-12H,3-4H2. The van der Waals surface area contributed by atoms with Crippen molar-refractivity contribution in [3.05, 3.63) is 57.1 Å². The number of nitrogens with zero attached hydrogens (tertiary/aromatic N) is 1. The number of nitro groups is 1. The van der Waals surface area contributed by atoms with Crippen LogP contribution >= 0.6 is 11.6 Å². The molecule has 3 nitrogen and oxygen atoms in total. The first-order valence-corrected chi connectivity index (χ1v) is 5.60. The van der Waals surface area contributed by atoms with E-state index < -0.39 is 6.04 Å². The lowest BCUT2D eigenvalue weighted by Gasteiger charge is -2.22. The fourth-order valence-corrected chi connectivity index (χ4v) is 2.23. The van der Waals surface area contributed by atoms with E-state index >= 15 is 0 Å². The van der Waals surface area contributed by atoms with Crippen LogP contribution in [-0.2, 0) is 0 Å². The van der Waals surface area contributed by atoms with Crippen LogP contribution in [0.15, 0.2) is 36.4 Å². The van der Waals surface area contributed by atoms with Crippen LogP contribution < -0.4 is 0 Å². The Morgan fingerprint density at radius 3 is 2.44 bits per heavy atom. The third kappa shape index (κ3) is 2.25. The van der Waals surface area contributed by atoms with E-state index in [1.54, 1.807) is 12.1 Å². The molecule has 0 spiro atoms. The van der Waals surface area contributed by atoms with Crippen molar-refractivity contribution in [3.8, 4) is 0 Å². The van der Waals surface area contributed by atoms with Crippen molar-refractivity contribution >= 4 is 11.6 Å². The molecular formula is C12H12ClNO2. The summed E-state index contributed by atoms with van der Waals surface area (Å²) in [6, 6.07) is 6.81. The summed E-state index contributed by atoms with van der Waals surface area (Å²) in [6.07, 6.45) is 5.15. The molecule has 2 rings (SSSR count). The number of halogens is 1. The number of benzene rings is 1. The van der Waals surface area contributed by atoms with E-state index in [4.69, 9.17) is 11.6 Å². The Hall–Kier alpha value is -1.35. The zero-order valence-electron chi connectivity index (χ0n) is 8.67. The lowest BCUT2D eigenvalue weighted by Crippen LogP contribution is -2.28. The highest BCUT2D eigenvalue weighted by atomic mass is 35.5. The fourth-order valence-electron chi connectivity index (χ4n) is 2.10. The minimum Gasteiger partial charge on any atom is -0.264 e. The predicted molar refractivity (Wildman–Crippen MR) is 63.3 cm³/mol. The third-order valence-corrected chi connectivity index (χ3v) is 3.22. The monoisotopic (exact) mass is 237 g/mol. The second-order valence-corrected chi connectivity index (χ2v) is 4.39. The average molecular weight is 238 g/mol. The number of rotatable bonds is 2. The summed E-state index contributed by atoms with van der Waals surface area (Å²) >= 11 is 5.80. The number of hydrogen-bond acceptors (Lipinski definition) is 2. The molecule has 1 aliphatic carbocycles. The maximum Gasteiger partial charge on any atom is 0.223 e. The summed E-state index contributed by atoms with van der Waals surface area (Å²) in [4.78, 5) is 10.8. The van der Waals surface area contributed by atoms with E-state index in [9.17, 15) is 10.1 Å². The molecule has 0 aliphatic heterocycles. The molecule has 1 aromatic rings. The van der Waals surface area contributed by atoms with E-state index in [-0.39, 0.29) is 10.8 Å². The van der Waals surface area contributed by atoms with E-state index in [1.807, 2.05) is 24.3 Å². The summed E-state index contributed by atoms with van der Waals surface area (Å²) < 4.78 is 0. The van der Waals surface area contributed by atoms with Gasteiger partial charge in [-0.05, 0) is 24.1 Å². The highest BCUT2D eigenvalue weighted by Gasteiger charge is 2.32. The Bertz CT molecular complexity index is 414. The zero-order valence-corrected chi connectivity index (χ0v) is 9.43. The second kappa shape index (κ2) is 4.66. The van der Waals surface area contributed by atoms with Crippen LogP contribution in [-0.4, -0.2) is 11.0 Å². The van der Waals surface area contributed by atoms with Gasteiger partial charge in [0.05, 0.1) is 5.92 Å². The van der Waals surface area contributed by atoms with Crippen LogP contribution in [0.25, 0.3) is 0 Å². The molecular weight excluding hydrogens is 226 g/mol. The highest BCUT2D eigenvalue weighted by molar-refractivity contribution is 6.30. The van der Waals surface area contributed by atoms with Gasteiger partial charge in [0, 0.05) is 16.4 Å². The predicted octanol–water partition coefficient (Wildman–Crippen LogP) is 3.42. The van der Waals surface area contributed by atoms with E-state index in [0.29, 0.717) is 11.4 Å². The van der Waals surface area contributed by atoms with Gasteiger partial charge >= 0.3 is 0 Å². The minimum absolute atomic E-state index is 0.0303. The molecule has 84 valence electrons. The van der Waals surface area contributed by atoms with Crippen LogP contribution in [0.5, 0.6) is 0 Å². The van der Waals surface area contributed by atoms with Gasteiger partial charge in [-0.25, -0.2) is 0 Å². The van der Waals surface area contributed by atoms with Crippen molar-refractivity contribution in [2.24, 2.45) is 0 Å². The molecule has 0 bridgehead atoms. The first kappa shape index (κ1) is 11.1. The van der Waals surface area contributed by atoms with Gasteiger partial charge in [0.1, 0.15) is 0 Å². The van der Waals surface area contributed by atoms with E-state index in [1.165, 1.54) is 0 Å². The van der Waals surface area contributed by atoms with Crippen LogP contribution in [0.1, 0.15) is 24.3 Å². The van der Waals surface area contributed by atoms with E-state index in [2.05, 4.69) is 0 Å². The molecule has 16 heavy (non-hydrogen) atoms. The Balaban J connectivity index is 2.27. The molecule has 2 unspecified atom stereocenters. The summed E-state index contributed by atoms with van der Waals surface area (Å²) in [7, 11) is 0. The van der Waals surface area contributed by atoms with Gasteiger partial charge in [-0.2, -0.15) is 0 Å². The zero-order chi connectivity index (χ0) is 11.5. The van der Waals surface area contributed by atoms with Crippen molar-refractivity contribution in [1.29, 1.82) is 0 Å². The topological polar surface area (TPSA) is 43.1 Å². The largest absolute Gasteiger partial charge is 0.264 e. The summed E-state index contributed by atoms with van der Waals surface area (Å²) in [5.41, 5.74) is 0.996. The number of allylic oxidation sites excluding steroid dienone is 1. The fraction of sp³-hybridized carbons (Fsp3) is 0.333. The quantitative estimate of drug-likeness (QED) is 0.449. The van der Waals surface area contributed by atoms with Gasteiger partial charge in [-0.1, -0.05) is 35.9 Å². The first-order chi connectivity index (χ1) is 7.68. The van der Waals surface area contributed by atoms with Gasteiger partial charge in [-0.15, -0.1) is 0 Å². The SMILES string of the molecule is O=[N+]([O-])C1CC=CCC1c1ccc(Cl)cc1. The van der Waals surface area contributed by atoms with Crippen LogP contribution in [0.2, 0.25) is 5.02 Å². The minimum atomic E-state index is -0.508. The van der Waals surface area contributed by atoms with Crippen molar-refractivity contribution in [2.75, 3.05) is 0 Å². The Morgan fingerprint density at radius 2 is 1.81 bits per heavy atom. The molecule has 0 saturated heterocycles. The molecule has 1 aliphatic rings. The van der Waals surface area contributed by atoms with Gasteiger partial charge in [0.25, 0.3) is 0 Å². The third-order valence-electron chi connectivity index (χ3n) is 2.97. The average Bonchev–Trinajstić information content (AvgIpc) is 2.30. The normalized spacial score (nSPS) is 24.3. The van der Waals surface area contributed by atoms with Gasteiger partial charge < -0.3 is 0 Å². The molecule has 0 heterocycles. The molecule has 0 amide bonds. The molecule has 0 fully saturated rings. The van der Waals surface area contributed by atoms with E-state index in [0.717, 1.165) is 12.0 Å². The smallest absolute Gasteiger partial charge is 0.223 e. The highest BCUT2D eigenvalue weighted by Crippen LogP contribution is 2.31. The lowest BCUT2D eigenvalue weighted by atomic mass is 9.84. The summed E-state index contributed by atoms with van der Waals surface area (Å²) in [5, 5.41) is 11.6. The van der Waals surface area contributed by atoms with Crippen LogP contribution in [0.3, 0.4) is 0 Å². The summed E-state index contributed by atoms with van der Waals surface area (Å²) in [5.74, 6) is -0.0303. The van der Waals surface area contributed by atoms with Crippen molar-refractivity contribution in [1.82, 2.24) is 0 Å². The maximum atomic E-state index is 11.0. The van der Waals surface area contributed by atoms with Crippen molar-refractivity contribution < 1.29 is 4.92 Å². The maximum absolute atomic E-state index is 11.0. The van der Waals surface area contributed by atoms with Crippen LogP contribution in [0, 0.1) is 10.1 Å². The van der Waals surface area contributed by atoms with Gasteiger partial charge in [0.15, 0.2) is 0 Å². The molecule has 0 aromatic heterocycles. The molecule has 2 atom stereocenters. The molecule has 0 N–H and O–H groups in total. The molecule has 0 radical (unpaired) electrons. The van der Waals surface area contributed by atoms with Crippen molar-refractivity contribution in [3.63, 3.8) is 0 Å². The van der Waals surface area contributed by atoms with Gasteiger partial charge in [0.2, 0.25) is 6.04 Å². The second-order valence-electron chi connectivity index (χ2n) is 3.95. The van der Waals surface area contributed by atoms with Crippen LogP contribution in [0.4, 0.5) is 0 Å². The molecule has 4 heteroatoms.